The van der Waals surface area contributed by atoms with Gasteiger partial charge in [-0.1, -0.05) is 73.0 Å². The van der Waals surface area contributed by atoms with Crippen LogP contribution in [0.3, 0.4) is 0 Å². The molecule has 2 amide bonds. The van der Waals surface area contributed by atoms with Crippen molar-refractivity contribution in [1.29, 1.82) is 0 Å². The molecule has 0 unspecified atom stereocenters. The zero-order valence-corrected chi connectivity index (χ0v) is 23.6. The monoisotopic (exact) mass is 568 g/mol. The van der Waals surface area contributed by atoms with Gasteiger partial charge in [-0.2, -0.15) is 5.10 Å². The predicted molar refractivity (Wildman–Crippen MR) is 150 cm³/mol. The molecule has 0 radical (unpaired) electrons. The first-order valence-electron chi connectivity index (χ1n) is 13.0. The maximum absolute atomic E-state index is 13.8. The van der Waals surface area contributed by atoms with Crippen molar-refractivity contribution in [2.45, 2.75) is 53.0 Å². The van der Waals surface area contributed by atoms with Crippen molar-refractivity contribution in [2.24, 2.45) is 0 Å². The molecule has 8 heteroatoms. The summed E-state index contributed by atoms with van der Waals surface area (Å²) in [5, 5.41) is 14.3. The maximum Gasteiger partial charge on any atom is 0.274 e. The lowest BCUT2D eigenvalue weighted by atomic mass is 10.1. The summed E-state index contributed by atoms with van der Waals surface area (Å²) in [6.45, 7) is 7.96. The molecule has 0 bridgehead atoms. The predicted octanol–water partition coefficient (Wildman–Crippen LogP) is 5.62. The summed E-state index contributed by atoms with van der Waals surface area (Å²) in [7, 11) is 0. The van der Waals surface area contributed by atoms with Crippen molar-refractivity contribution in [3.05, 3.63) is 81.6 Å². The molecule has 1 aromatic heterocycles. The van der Waals surface area contributed by atoms with Gasteiger partial charge in [-0.25, -0.2) is 4.68 Å². The molecule has 1 heterocycles. The van der Waals surface area contributed by atoms with E-state index in [9.17, 15) is 14.7 Å². The van der Waals surface area contributed by atoms with Crippen LogP contribution in [0.2, 0.25) is 0 Å². The Kier molecular flexibility index (Phi) is 10.9. The Balaban J connectivity index is 1.96. The number of hydrogen-bond acceptors (Lipinski definition) is 4. The van der Waals surface area contributed by atoms with Crippen LogP contribution in [0, 0.1) is 6.92 Å². The van der Waals surface area contributed by atoms with E-state index in [0.717, 1.165) is 41.4 Å². The van der Waals surface area contributed by atoms with Crippen molar-refractivity contribution in [2.75, 3.05) is 26.2 Å². The van der Waals surface area contributed by atoms with E-state index in [2.05, 4.69) is 34.9 Å². The first-order chi connectivity index (χ1) is 17.9. The number of nitrogens with zero attached hydrogens (tertiary/aromatic N) is 4. The van der Waals surface area contributed by atoms with E-state index in [0.29, 0.717) is 36.6 Å². The van der Waals surface area contributed by atoms with Crippen LogP contribution < -0.4 is 0 Å². The third-order valence-electron chi connectivity index (χ3n) is 6.25. The average molecular weight is 570 g/mol. The highest BCUT2D eigenvalue weighted by Crippen LogP contribution is 2.24. The molecule has 7 nitrogen and oxygen atoms in total. The fourth-order valence-corrected chi connectivity index (χ4v) is 4.57. The summed E-state index contributed by atoms with van der Waals surface area (Å²) in [6, 6.07) is 16.9. The highest BCUT2D eigenvalue weighted by molar-refractivity contribution is 9.10. The molecule has 0 aliphatic carbocycles. The van der Waals surface area contributed by atoms with E-state index >= 15 is 0 Å². The van der Waals surface area contributed by atoms with E-state index < -0.39 is 0 Å². The minimum atomic E-state index is -0.218. The highest BCUT2D eigenvalue weighted by Gasteiger charge is 2.24. The number of unbranched alkanes of at least 4 members (excludes halogenated alkanes) is 2. The van der Waals surface area contributed by atoms with Gasteiger partial charge in [-0.3, -0.25) is 9.59 Å². The van der Waals surface area contributed by atoms with Gasteiger partial charge in [-0.05, 0) is 49.6 Å². The van der Waals surface area contributed by atoms with Gasteiger partial charge in [0.15, 0.2) is 5.69 Å². The van der Waals surface area contributed by atoms with Gasteiger partial charge in [0.2, 0.25) is 0 Å². The number of hydrogen-bond donors (Lipinski definition) is 1. The minimum absolute atomic E-state index is 0.0836. The summed E-state index contributed by atoms with van der Waals surface area (Å²) in [4.78, 5) is 30.6. The van der Waals surface area contributed by atoms with E-state index in [1.807, 2.05) is 54.3 Å². The Morgan fingerprint density at radius 3 is 2.22 bits per heavy atom. The van der Waals surface area contributed by atoms with Gasteiger partial charge in [0.05, 0.1) is 17.9 Å². The lowest BCUT2D eigenvalue weighted by Crippen LogP contribution is -2.34. The molecule has 1 N–H and O–H groups in total. The number of aromatic nitrogens is 2. The van der Waals surface area contributed by atoms with Gasteiger partial charge in [0.1, 0.15) is 0 Å². The second-order valence-electron chi connectivity index (χ2n) is 9.18. The number of aryl methyl sites for hydroxylation is 1. The van der Waals surface area contributed by atoms with Crippen LogP contribution in [0.4, 0.5) is 0 Å². The van der Waals surface area contributed by atoms with Gasteiger partial charge in [0.25, 0.3) is 11.8 Å². The standard InChI is InChI=1S/C29H37BrN4O3/c1-4-6-15-32(16-7-5-2)29(37)26-19-22(3)34(31-26)27-14-13-24(30)20-25(27)28(36)33(17-18-35)21-23-11-9-8-10-12-23/h8-14,19-20,35H,4-7,15-18,21H2,1-3H3. The van der Waals surface area contributed by atoms with Crippen LogP contribution in [0.25, 0.3) is 5.69 Å². The average Bonchev–Trinajstić information content (AvgIpc) is 3.29. The molecule has 0 aliphatic rings. The lowest BCUT2D eigenvalue weighted by Gasteiger charge is -2.24. The Bertz CT molecular complexity index is 1170. The quantitative estimate of drug-likeness (QED) is 0.290. The van der Waals surface area contributed by atoms with Crippen LogP contribution in [0.15, 0.2) is 59.1 Å². The smallest absolute Gasteiger partial charge is 0.274 e. The van der Waals surface area contributed by atoms with Gasteiger partial charge in [-0.15, -0.1) is 0 Å². The van der Waals surface area contributed by atoms with Crippen molar-refractivity contribution < 1.29 is 14.7 Å². The topological polar surface area (TPSA) is 78.7 Å². The number of carbonyl (C=O) groups excluding carboxylic acids is 2. The number of rotatable bonds is 13. The highest BCUT2D eigenvalue weighted by atomic mass is 79.9. The van der Waals surface area contributed by atoms with Crippen molar-refractivity contribution >= 4 is 27.7 Å². The number of amides is 2. The molecule has 2 aromatic carbocycles. The third-order valence-corrected chi connectivity index (χ3v) is 6.74. The minimum Gasteiger partial charge on any atom is -0.395 e. The van der Waals surface area contributed by atoms with Gasteiger partial charge in [0, 0.05) is 36.3 Å². The van der Waals surface area contributed by atoms with Crippen LogP contribution in [0.1, 0.15) is 71.6 Å². The van der Waals surface area contributed by atoms with Crippen LogP contribution >= 0.6 is 15.9 Å². The molecule has 0 spiro atoms. The van der Waals surface area contributed by atoms with Crippen molar-refractivity contribution in [1.82, 2.24) is 19.6 Å². The van der Waals surface area contributed by atoms with E-state index in [1.165, 1.54) is 0 Å². The normalized spacial score (nSPS) is 10.9. The van der Waals surface area contributed by atoms with E-state index in [1.54, 1.807) is 21.7 Å². The SMILES string of the molecule is CCCCN(CCCC)C(=O)c1cc(C)n(-c2ccc(Br)cc2C(=O)N(CCO)Cc2ccccc2)n1. The van der Waals surface area contributed by atoms with E-state index in [-0.39, 0.29) is 25.0 Å². The first kappa shape index (κ1) is 28.6. The Labute approximate surface area is 228 Å². The van der Waals surface area contributed by atoms with Crippen LogP contribution in [0.5, 0.6) is 0 Å². The Morgan fingerprint density at radius 1 is 0.919 bits per heavy atom. The number of carbonyl (C=O) groups is 2. The lowest BCUT2D eigenvalue weighted by molar-refractivity contribution is 0.0707. The largest absolute Gasteiger partial charge is 0.395 e. The molecule has 0 saturated heterocycles. The summed E-state index contributed by atoms with van der Waals surface area (Å²) >= 11 is 3.50. The third kappa shape index (κ3) is 7.52. The summed E-state index contributed by atoms with van der Waals surface area (Å²) < 4.78 is 2.43. The molecule has 37 heavy (non-hydrogen) atoms. The molecular weight excluding hydrogens is 532 g/mol. The molecule has 0 saturated carbocycles. The van der Waals surface area contributed by atoms with Gasteiger partial charge < -0.3 is 14.9 Å². The van der Waals surface area contributed by atoms with Gasteiger partial charge >= 0.3 is 0 Å². The summed E-state index contributed by atoms with van der Waals surface area (Å²) in [5.41, 5.74) is 3.15. The number of benzene rings is 2. The second kappa shape index (κ2) is 14.1. The van der Waals surface area contributed by atoms with Crippen molar-refractivity contribution in [3.8, 4) is 5.69 Å². The number of halogens is 1. The second-order valence-corrected chi connectivity index (χ2v) is 10.1. The number of aliphatic hydroxyl groups is 1. The van der Waals surface area contributed by atoms with Crippen molar-refractivity contribution in [3.63, 3.8) is 0 Å². The van der Waals surface area contributed by atoms with Crippen LogP contribution in [-0.4, -0.2) is 62.7 Å². The zero-order valence-electron chi connectivity index (χ0n) is 22.0. The summed E-state index contributed by atoms with van der Waals surface area (Å²) in [6.07, 6.45) is 3.92. The number of aliphatic hydroxyl groups excluding tert-OH is 1. The fraction of sp³-hybridized carbons (Fsp3) is 0.414. The Hall–Kier alpha value is -2.97. The molecule has 0 fully saturated rings. The Morgan fingerprint density at radius 2 is 1.59 bits per heavy atom. The molecule has 3 rings (SSSR count). The molecular formula is C29H37BrN4O3. The fourth-order valence-electron chi connectivity index (χ4n) is 4.21. The first-order valence-corrected chi connectivity index (χ1v) is 13.8. The molecule has 198 valence electrons. The molecule has 3 aromatic rings. The summed E-state index contributed by atoms with van der Waals surface area (Å²) in [5.74, 6) is -0.302. The molecule has 0 atom stereocenters. The molecule has 0 aliphatic heterocycles. The zero-order chi connectivity index (χ0) is 26.8. The van der Waals surface area contributed by atoms with E-state index in [4.69, 9.17) is 0 Å². The maximum atomic E-state index is 13.8. The van der Waals surface area contributed by atoms with Crippen LogP contribution in [-0.2, 0) is 6.54 Å².